The first kappa shape index (κ1) is 8.53. The molecule has 2 aromatic rings. The first-order chi connectivity index (χ1) is 7.27. The number of hydrogen-bond acceptors (Lipinski definition) is 2. The number of rotatable bonds is 1. The molecule has 1 aromatic carbocycles. The third-order valence-electron chi connectivity index (χ3n) is 2.97. The smallest absolute Gasteiger partial charge is 0.372 e. The average molecular weight is 202 g/mol. The largest absolute Gasteiger partial charge is 0.475 e. The summed E-state index contributed by atoms with van der Waals surface area (Å²) in [4.78, 5) is 11.0. The summed E-state index contributed by atoms with van der Waals surface area (Å²) in [5.41, 5.74) is 2.80. The summed E-state index contributed by atoms with van der Waals surface area (Å²) >= 11 is 0. The standard InChI is InChI=1S/C12H10O3/c13-12(14)11-8-5-1-3-7-4-2-6-9(15-11)10(7)8/h2,4,6H,1,3,5H2,(H,13,14). The van der Waals surface area contributed by atoms with Crippen molar-refractivity contribution >= 4 is 16.9 Å². The summed E-state index contributed by atoms with van der Waals surface area (Å²) < 4.78 is 5.37. The van der Waals surface area contributed by atoms with Gasteiger partial charge in [-0.2, -0.15) is 0 Å². The lowest BCUT2D eigenvalue weighted by Gasteiger charge is -2.10. The predicted molar refractivity (Wildman–Crippen MR) is 55.2 cm³/mol. The number of benzene rings is 1. The quantitative estimate of drug-likeness (QED) is 0.773. The number of aromatic carboxylic acids is 1. The number of carboxylic acids is 1. The third-order valence-corrected chi connectivity index (χ3v) is 2.97. The normalized spacial score (nSPS) is 14.4. The average Bonchev–Trinajstić information content (AvgIpc) is 2.61. The van der Waals surface area contributed by atoms with Gasteiger partial charge in [0.05, 0.1) is 0 Å². The van der Waals surface area contributed by atoms with Gasteiger partial charge in [0.25, 0.3) is 0 Å². The van der Waals surface area contributed by atoms with Crippen molar-refractivity contribution in [3.63, 3.8) is 0 Å². The fraction of sp³-hybridized carbons (Fsp3) is 0.250. The summed E-state index contributed by atoms with van der Waals surface area (Å²) in [6.45, 7) is 0. The molecular weight excluding hydrogens is 192 g/mol. The summed E-state index contributed by atoms with van der Waals surface area (Å²) in [6.07, 6.45) is 2.83. The van der Waals surface area contributed by atoms with Crippen LogP contribution in [0.15, 0.2) is 22.6 Å². The van der Waals surface area contributed by atoms with Crippen molar-refractivity contribution < 1.29 is 14.3 Å². The lowest BCUT2D eigenvalue weighted by Crippen LogP contribution is -2.03. The SMILES string of the molecule is O=C(O)c1oc2cccc3c2c1CCC3. The first-order valence-electron chi connectivity index (χ1n) is 5.04. The highest BCUT2D eigenvalue weighted by Gasteiger charge is 2.23. The monoisotopic (exact) mass is 202 g/mol. The van der Waals surface area contributed by atoms with Gasteiger partial charge in [0.1, 0.15) is 5.58 Å². The molecule has 0 radical (unpaired) electrons. The predicted octanol–water partition coefficient (Wildman–Crippen LogP) is 2.62. The molecule has 1 N–H and O–H groups in total. The highest BCUT2D eigenvalue weighted by Crippen LogP contribution is 2.34. The van der Waals surface area contributed by atoms with E-state index in [1.54, 1.807) is 0 Å². The summed E-state index contributed by atoms with van der Waals surface area (Å²) in [5.74, 6) is -0.841. The van der Waals surface area contributed by atoms with Crippen LogP contribution in [0.4, 0.5) is 0 Å². The molecule has 3 rings (SSSR count). The fourth-order valence-corrected chi connectivity index (χ4v) is 2.36. The molecule has 76 valence electrons. The Labute approximate surface area is 86.3 Å². The Morgan fingerprint density at radius 3 is 3.00 bits per heavy atom. The topological polar surface area (TPSA) is 50.4 Å². The van der Waals surface area contributed by atoms with Gasteiger partial charge in [0, 0.05) is 10.9 Å². The van der Waals surface area contributed by atoms with Crippen LogP contribution in [-0.4, -0.2) is 11.1 Å². The van der Waals surface area contributed by atoms with Gasteiger partial charge in [0.15, 0.2) is 0 Å². The second-order valence-corrected chi connectivity index (χ2v) is 3.86. The molecule has 0 aliphatic heterocycles. The van der Waals surface area contributed by atoms with Crippen molar-refractivity contribution in [2.24, 2.45) is 0 Å². The Bertz CT molecular complexity index is 551. The van der Waals surface area contributed by atoms with Crippen LogP contribution >= 0.6 is 0 Å². The maximum atomic E-state index is 11.0. The Kier molecular flexibility index (Phi) is 1.63. The Morgan fingerprint density at radius 2 is 2.20 bits per heavy atom. The molecule has 0 unspecified atom stereocenters. The first-order valence-corrected chi connectivity index (χ1v) is 5.04. The van der Waals surface area contributed by atoms with E-state index in [2.05, 4.69) is 0 Å². The van der Waals surface area contributed by atoms with Crippen LogP contribution < -0.4 is 0 Å². The van der Waals surface area contributed by atoms with Crippen LogP contribution in [0.2, 0.25) is 0 Å². The molecule has 0 spiro atoms. The van der Waals surface area contributed by atoms with E-state index in [4.69, 9.17) is 9.52 Å². The van der Waals surface area contributed by atoms with E-state index in [1.165, 1.54) is 5.56 Å². The molecule has 0 atom stereocenters. The van der Waals surface area contributed by atoms with Crippen molar-refractivity contribution in [3.8, 4) is 0 Å². The number of furan rings is 1. The maximum absolute atomic E-state index is 11.0. The lowest BCUT2D eigenvalue weighted by molar-refractivity contribution is 0.0663. The van der Waals surface area contributed by atoms with E-state index in [-0.39, 0.29) is 5.76 Å². The Balaban J connectivity index is 2.43. The van der Waals surface area contributed by atoms with Crippen LogP contribution in [0.5, 0.6) is 0 Å². The molecule has 1 aliphatic carbocycles. The minimum atomic E-state index is -0.964. The van der Waals surface area contributed by atoms with Crippen LogP contribution in [-0.2, 0) is 12.8 Å². The molecule has 3 nitrogen and oxygen atoms in total. The molecule has 1 aliphatic rings. The van der Waals surface area contributed by atoms with Gasteiger partial charge < -0.3 is 9.52 Å². The molecule has 0 saturated heterocycles. The van der Waals surface area contributed by atoms with E-state index in [9.17, 15) is 4.79 Å². The van der Waals surface area contributed by atoms with Crippen molar-refractivity contribution in [2.45, 2.75) is 19.3 Å². The third kappa shape index (κ3) is 1.09. The van der Waals surface area contributed by atoms with Crippen molar-refractivity contribution in [1.29, 1.82) is 0 Å². The number of aryl methyl sites for hydroxylation is 2. The summed E-state index contributed by atoms with van der Waals surface area (Å²) in [5, 5.41) is 10.0. The van der Waals surface area contributed by atoms with Crippen molar-refractivity contribution in [1.82, 2.24) is 0 Å². The molecule has 15 heavy (non-hydrogen) atoms. The zero-order valence-corrected chi connectivity index (χ0v) is 8.12. The van der Waals surface area contributed by atoms with Gasteiger partial charge >= 0.3 is 5.97 Å². The zero-order chi connectivity index (χ0) is 10.4. The van der Waals surface area contributed by atoms with Gasteiger partial charge in [-0.15, -0.1) is 0 Å². The molecule has 1 heterocycles. The summed E-state index contributed by atoms with van der Waals surface area (Å²) in [6, 6.07) is 5.80. The van der Waals surface area contributed by atoms with Gasteiger partial charge in [-0.25, -0.2) is 4.79 Å². The number of hydrogen-bond donors (Lipinski definition) is 1. The van der Waals surface area contributed by atoms with Crippen LogP contribution in [0.3, 0.4) is 0 Å². The van der Waals surface area contributed by atoms with Gasteiger partial charge in [-0.1, -0.05) is 12.1 Å². The van der Waals surface area contributed by atoms with E-state index >= 15 is 0 Å². The Hall–Kier alpha value is -1.77. The van der Waals surface area contributed by atoms with Crippen molar-refractivity contribution in [2.75, 3.05) is 0 Å². The summed E-state index contributed by atoms with van der Waals surface area (Å²) in [7, 11) is 0. The molecule has 0 bridgehead atoms. The number of carbonyl (C=O) groups is 1. The molecule has 3 heteroatoms. The lowest BCUT2D eigenvalue weighted by atomic mass is 9.92. The number of carboxylic acid groups (broad SMARTS) is 1. The van der Waals surface area contributed by atoms with E-state index < -0.39 is 5.97 Å². The van der Waals surface area contributed by atoms with E-state index in [0.717, 1.165) is 30.2 Å². The minimum absolute atomic E-state index is 0.122. The van der Waals surface area contributed by atoms with E-state index in [0.29, 0.717) is 5.58 Å². The molecule has 1 aromatic heterocycles. The van der Waals surface area contributed by atoms with Crippen LogP contribution in [0.25, 0.3) is 11.0 Å². The Morgan fingerprint density at radius 1 is 1.33 bits per heavy atom. The van der Waals surface area contributed by atoms with Crippen LogP contribution in [0, 0.1) is 0 Å². The van der Waals surface area contributed by atoms with Gasteiger partial charge in [-0.05, 0) is 30.9 Å². The van der Waals surface area contributed by atoms with Gasteiger partial charge in [0.2, 0.25) is 5.76 Å². The van der Waals surface area contributed by atoms with Crippen LogP contribution in [0.1, 0.15) is 28.1 Å². The molecule has 0 amide bonds. The highest BCUT2D eigenvalue weighted by atomic mass is 16.4. The highest BCUT2D eigenvalue weighted by molar-refractivity contribution is 5.96. The second kappa shape index (κ2) is 2.86. The minimum Gasteiger partial charge on any atom is -0.475 e. The maximum Gasteiger partial charge on any atom is 0.372 e. The molecule has 0 fully saturated rings. The molecule has 0 saturated carbocycles. The molecular formula is C12H10O3. The second-order valence-electron chi connectivity index (χ2n) is 3.86. The van der Waals surface area contributed by atoms with Gasteiger partial charge in [-0.3, -0.25) is 0 Å². The fourth-order valence-electron chi connectivity index (χ4n) is 2.36. The van der Waals surface area contributed by atoms with E-state index in [1.807, 2.05) is 18.2 Å². The zero-order valence-electron chi connectivity index (χ0n) is 8.12. The van der Waals surface area contributed by atoms with Crippen molar-refractivity contribution in [3.05, 3.63) is 35.1 Å².